The van der Waals surface area contributed by atoms with Crippen molar-refractivity contribution in [2.75, 3.05) is 16.7 Å². The van der Waals surface area contributed by atoms with Crippen LogP contribution < -0.4 is 10.5 Å². The zero-order chi connectivity index (χ0) is 15.6. The van der Waals surface area contributed by atoms with Crippen molar-refractivity contribution in [1.82, 2.24) is 0 Å². The number of benzene rings is 2. The van der Waals surface area contributed by atoms with Gasteiger partial charge in [0.15, 0.2) is 5.78 Å². The van der Waals surface area contributed by atoms with Crippen LogP contribution in [0, 0.1) is 5.82 Å². The van der Waals surface area contributed by atoms with Crippen LogP contribution in [0.15, 0.2) is 42.5 Å². The Hall–Kier alpha value is -2.41. The maximum atomic E-state index is 13.7. The van der Waals surface area contributed by atoms with Gasteiger partial charge in [-0.3, -0.25) is 9.52 Å². The van der Waals surface area contributed by atoms with Gasteiger partial charge in [-0.1, -0.05) is 0 Å². The summed E-state index contributed by atoms with van der Waals surface area (Å²) in [7, 11) is -3.38. The van der Waals surface area contributed by atoms with Crippen LogP contribution >= 0.6 is 0 Å². The summed E-state index contributed by atoms with van der Waals surface area (Å²) >= 11 is 0. The smallest absolute Gasteiger partial charge is 0.229 e. The third-order valence-electron chi connectivity index (χ3n) is 2.69. The van der Waals surface area contributed by atoms with Crippen LogP contribution in [-0.4, -0.2) is 20.5 Å². The van der Waals surface area contributed by atoms with E-state index in [9.17, 15) is 17.6 Å². The zero-order valence-corrected chi connectivity index (χ0v) is 11.9. The average Bonchev–Trinajstić information content (AvgIpc) is 2.37. The van der Waals surface area contributed by atoms with Crippen LogP contribution in [0.2, 0.25) is 0 Å². The molecule has 21 heavy (non-hydrogen) atoms. The highest BCUT2D eigenvalue weighted by molar-refractivity contribution is 7.92. The topological polar surface area (TPSA) is 89.3 Å². The number of nitrogen functional groups attached to an aromatic ring is 1. The van der Waals surface area contributed by atoms with E-state index in [1.165, 1.54) is 36.4 Å². The molecule has 0 saturated carbocycles. The molecule has 2 rings (SSSR count). The Balaban J connectivity index is 2.28. The summed E-state index contributed by atoms with van der Waals surface area (Å²) in [6.07, 6.45) is 1.02. The summed E-state index contributed by atoms with van der Waals surface area (Å²) < 4.78 is 38.1. The van der Waals surface area contributed by atoms with E-state index in [0.717, 1.165) is 12.3 Å². The molecule has 0 aliphatic heterocycles. The highest BCUT2D eigenvalue weighted by Gasteiger charge is 2.14. The van der Waals surface area contributed by atoms with Crippen molar-refractivity contribution in [3.63, 3.8) is 0 Å². The van der Waals surface area contributed by atoms with Gasteiger partial charge in [-0.2, -0.15) is 0 Å². The van der Waals surface area contributed by atoms with Gasteiger partial charge in [0.1, 0.15) is 5.82 Å². The molecular formula is C14H13FN2O3S. The number of rotatable bonds is 4. The van der Waals surface area contributed by atoms with Crippen molar-refractivity contribution in [2.45, 2.75) is 0 Å². The first-order valence-corrected chi connectivity index (χ1v) is 7.83. The summed E-state index contributed by atoms with van der Waals surface area (Å²) in [5, 5.41) is 0. The first-order chi connectivity index (χ1) is 9.76. The predicted molar refractivity (Wildman–Crippen MR) is 79.2 cm³/mol. The molecule has 0 unspecified atom stereocenters. The molecule has 110 valence electrons. The van der Waals surface area contributed by atoms with E-state index in [2.05, 4.69) is 4.72 Å². The van der Waals surface area contributed by atoms with Gasteiger partial charge in [0.25, 0.3) is 0 Å². The molecule has 2 aromatic rings. The molecule has 0 saturated heterocycles. The van der Waals surface area contributed by atoms with Crippen LogP contribution in [0.4, 0.5) is 15.8 Å². The summed E-state index contributed by atoms with van der Waals surface area (Å²) in [6.45, 7) is 0. The fraction of sp³-hybridized carbons (Fsp3) is 0.0714. The van der Waals surface area contributed by atoms with Crippen molar-refractivity contribution < 1.29 is 17.6 Å². The lowest BCUT2D eigenvalue weighted by Crippen LogP contribution is -2.10. The van der Waals surface area contributed by atoms with E-state index in [1.807, 2.05) is 0 Å². The van der Waals surface area contributed by atoms with Crippen molar-refractivity contribution >= 4 is 27.2 Å². The highest BCUT2D eigenvalue weighted by atomic mass is 32.2. The molecule has 5 nitrogen and oxygen atoms in total. The Kier molecular flexibility index (Phi) is 3.95. The lowest BCUT2D eigenvalue weighted by molar-refractivity contribution is 0.103. The third kappa shape index (κ3) is 3.79. The SMILES string of the molecule is CS(=O)(=O)Nc1ccc(C(=O)c2ccc(N)cc2F)cc1. The number of anilines is 2. The molecule has 0 heterocycles. The summed E-state index contributed by atoms with van der Waals surface area (Å²) in [6, 6.07) is 9.54. The molecule has 0 aliphatic rings. The number of sulfonamides is 1. The van der Waals surface area contributed by atoms with Gasteiger partial charge in [-0.15, -0.1) is 0 Å². The van der Waals surface area contributed by atoms with E-state index < -0.39 is 21.6 Å². The number of carbonyl (C=O) groups is 1. The average molecular weight is 308 g/mol. The largest absolute Gasteiger partial charge is 0.399 e. The molecule has 0 amide bonds. The zero-order valence-electron chi connectivity index (χ0n) is 11.1. The Labute approximate surface area is 121 Å². The number of hydrogen-bond acceptors (Lipinski definition) is 4. The minimum Gasteiger partial charge on any atom is -0.399 e. The van der Waals surface area contributed by atoms with Gasteiger partial charge in [0.05, 0.1) is 11.8 Å². The van der Waals surface area contributed by atoms with Gasteiger partial charge >= 0.3 is 0 Å². The first kappa shape index (κ1) is 15.0. The maximum Gasteiger partial charge on any atom is 0.229 e. The minimum atomic E-state index is -3.38. The molecule has 0 atom stereocenters. The molecule has 0 aliphatic carbocycles. The molecule has 0 aromatic heterocycles. The predicted octanol–water partition coefficient (Wildman–Crippen LogP) is 2.01. The second-order valence-electron chi connectivity index (χ2n) is 4.52. The lowest BCUT2D eigenvalue weighted by atomic mass is 10.0. The molecule has 0 spiro atoms. The van der Waals surface area contributed by atoms with Crippen molar-refractivity contribution in [1.29, 1.82) is 0 Å². The van der Waals surface area contributed by atoms with E-state index in [1.54, 1.807) is 0 Å². The van der Waals surface area contributed by atoms with Crippen LogP contribution in [0.5, 0.6) is 0 Å². The number of nitrogens with two attached hydrogens (primary N) is 1. The molecular weight excluding hydrogens is 295 g/mol. The summed E-state index contributed by atoms with van der Waals surface area (Å²) in [5.41, 5.74) is 6.15. The van der Waals surface area contributed by atoms with E-state index in [0.29, 0.717) is 5.69 Å². The van der Waals surface area contributed by atoms with Crippen molar-refractivity contribution in [3.05, 3.63) is 59.4 Å². The van der Waals surface area contributed by atoms with Gasteiger partial charge < -0.3 is 5.73 Å². The van der Waals surface area contributed by atoms with E-state index in [-0.39, 0.29) is 16.8 Å². The van der Waals surface area contributed by atoms with E-state index in [4.69, 9.17) is 5.73 Å². The summed E-state index contributed by atoms with van der Waals surface area (Å²) in [4.78, 5) is 12.2. The highest BCUT2D eigenvalue weighted by Crippen LogP contribution is 2.18. The monoisotopic (exact) mass is 308 g/mol. The Morgan fingerprint density at radius 3 is 2.29 bits per heavy atom. The van der Waals surface area contributed by atoms with Gasteiger partial charge in [-0.25, -0.2) is 12.8 Å². The second kappa shape index (κ2) is 5.53. The first-order valence-electron chi connectivity index (χ1n) is 5.94. The normalized spacial score (nSPS) is 11.1. The fourth-order valence-electron chi connectivity index (χ4n) is 1.77. The van der Waals surface area contributed by atoms with Crippen LogP contribution in [0.3, 0.4) is 0 Å². The Bertz CT molecular complexity index is 786. The molecule has 0 radical (unpaired) electrons. The van der Waals surface area contributed by atoms with Crippen molar-refractivity contribution in [2.24, 2.45) is 0 Å². The number of halogens is 1. The number of carbonyl (C=O) groups excluding carboxylic acids is 1. The van der Waals surface area contributed by atoms with Gasteiger partial charge in [0.2, 0.25) is 10.0 Å². The van der Waals surface area contributed by atoms with Crippen LogP contribution in [0.1, 0.15) is 15.9 Å². The fourth-order valence-corrected chi connectivity index (χ4v) is 2.34. The lowest BCUT2D eigenvalue weighted by Gasteiger charge is -2.06. The maximum absolute atomic E-state index is 13.7. The molecule has 2 aromatic carbocycles. The van der Waals surface area contributed by atoms with Crippen LogP contribution in [-0.2, 0) is 10.0 Å². The number of nitrogens with one attached hydrogen (secondary N) is 1. The Morgan fingerprint density at radius 2 is 1.76 bits per heavy atom. The standard InChI is InChI=1S/C14H13FN2O3S/c1-21(19,20)17-11-5-2-9(3-6-11)14(18)12-7-4-10(16)8-13(12)15/h2-8,17H,16H2,1H3. The third-order valence-corrected chi connectivity index (χ3v) is 3.29. The van der Waals surface area contributed by atoms with Crippen molar-refractivity contribution in [3.8, 4) is 0 Å². The molecule has 0 fully saturated rings. The van der Waals surface area contributed by atoms with Gasteiger partial charge in [0, 0.05) is 16.9 Å². The van der Waals surface area contributed by atoms with Gasteiger partial charge in [-0.05, 0) is 42.5 Å². The molecule has 3 N–H and O–H groups in total. The number of ketones is 1. The number of hydrogen-bond donors (Lipinski definition) is 2. The van der Waals surface area contributed by atoms with E-state index >= 15 is 0 Å². The van der Waals surface area contributed by atoms with Crippen LogP contribution in [0.25, 0.3) is 0 Å². The quantitative estimate of drug-likeness (QED) is 0.668. The molecule has 7 heteroatoms. The molecule has 0 bridgehead atoms. The second-order valence-corrected chi connectivity index (χ2v) is 6.27. The summed E-state index contributed by atoms with van der Waals surface area (Å²) in [5.74, 6) is -1.20. The Morgan fingerprint density at radius 1 is 1.14 bits per heavy atom. The minimum absolute atomic E-state index is 0.0898.